The van der Waals surface area contributed by atoms with Crippen LogP contribution in [0.2, 0.25) is 0 Å². The van der Waals surface area contributed by atoms with Gasteiger partial charge in [0.1, 0.15) is 5.69 Å². The molecule has 0 aliphatic heterocycles. The quantitative estimate of drug-likeness (QED) is 0.632. The monoisotopic (exact) mass is 345 g/mol. The molecule has 134 valence electrons. The summed E-state index contributed by atoms with van der Waals surface area (Å²) in [7, 11) is 3.18. The molecule has 0 unspecified atom stereocenters. The Morgan fingerprint density at radius 3 is 2.60 bits per heavy atom. The SMILES string of the molecule is COc1cc2c(cc1OC)-c1n[nH]c(C(=O)N[C@@H](CO)C(C)C)c1C2. The molecule has 0 saturated carbocycles. The van der Waals surface area contributed by atoms with Gasteiger partial charge in [-0.15, -0.1) is 0 Å². The third kappa shape index (κ3) is 2.95. The van der Waals surface area contributed by atoms with E-state index >= 15 is 0 Å². The first kappa shape index (κ1) is 17.3. The largest absolute Gasteiger partial charge is 0.493 e. The fourth-order valence-electron chi connectivity index (χ4n) is 3.09. The van der Waals surface area contributed by atoms with Crippen molar-refractivity contribution < 1.29 is 19.4 Å². The van der Waals surface area contributed by atoms with E-state index < -0.39 is 0 Å². The smallest absolute Gasteiger partial charge is 0.269 e. The minimum absolute atomic E-state index is 0.103. The van der Waals surface area contributed by atoms with Gasteiger partial charge in [-0.25, -0.2) is 0 Å². The first-order valence-corrected chi connectivity index (χ1v) is 8.24. The number of benzene rings is 1. The minimum Gasteiger partial charge on any atom is -0.493 e. The molecule has 0 spiro atoms. The summed E-state index contributed by atoms with van der Waals surface area (Å²) >= 11 is 0. The number of hydrogen-bond acceptors (Lipinski definition) is 5. The van der Waals surface area contributed by atoms with E-state index in [9.17, 15) is 9.90 Å². The molecule has 1 aliphatic rings. The highest BCUT2D eigenvalue weighted by atomic mass is 16.5. The van der Waals surface area contributed by atoms with Crippen LogP contribution in [0, 0.1) is 5.92 Å². The number of ether oxygens (including phenoxy) is 2. The van der Waals surface area contributed by atoms with Crippen molar-refractivity contribution in [2.45, 2.75) is 26.3 Å². The molecule has 3 N–H and O–H groups in total. The first-order chi connectivity index (χ1) is 12.0. The second-order valence-electron chi connectivity index (χ2n) is 6.47. The molecule has 7 heteroatoms. The molecule has 1 atom stereocenters. The number of nitrogens with one attached hydrogen (secondary N) is 2. The summed E-state index contributed by atoms with van der Waals surface area (Å²) in [6.07, 6.45) is 0.593. The Morgan fingerprint density at radius 1 is 1.32 bits per heavy atom. The van der Waals surface area contributed by atoms with Crippen molar-refractivity contribution in [3.8, 4) is 22.8 Å². The number of hydrogen-bond donors (Lipinski definition) is 3. The predicted octanol–water partition coefficient (Wildman–Crippen LogP) is 1.74. The van der Waals surface area contributed by atoms with Gasteiger partial charge in [0.25, 0.3) is 5.91 Å². The fraction of sp³-hybridized carbons (Fsp3) is 0.444. The van der Waals surface area contributed by atoms with Crippen LogP contribution in [0.4, 0.5) is 0 Å². The lowest BCUT2D eigenvalue weighted by Gasteiger charge is -2.19. The van der Waals surface area contributed by atoms with Crippen molar-refractivity contribution in [3.63, 3.8) is 0 Å². The van der Waals surface area contributed by atoms with Gasteiger partial charge in [-0.2, -0.15) is 5.10 Å². The van der Waals surface area contributed by atoms with Gasteiger partial charge in [0.05, 0.1) is 32.6 Å². The molecular weight excluding hydrogens is 322 g/mol. The van der Waals surface area contributed by atoms with Gasteiger partial charge in [-0.3, -0.25) is 9.89 Å². The molecule has 1 heterocycles. The van der Waals surface area contributed by atoms with Crippen molar-refractivity contribution in [1.29, 1.82) is 0 Å². The van der Waals surface area contributed by atoms with Crippen molar-refractivity contribution >= 4 is 5.91 Å². The molecule has 0 bridgehead atoms. The zero-order valence-electron chi connectivity index (χ0n) is 14.8. The van der Waals surface area contributed by atoms with Gasteiger partial charge in [0, 0.05) is 17.5 Å². The van der Waals surface area contributed by atoms with Crippen LogP contribution in [0.1, 0.15) is 35.5 Å². The molecular formula is C18H23N3O4. The number of H-pyrrole nitrogens is 1. The molecule has 1 aromatic heterocycles. The maximum absolute atomic E-state index is 12.6. The van der Waals surface area contributed by atoms with Gasteiger partial charge in [0.2, 0.25) is 0 Å². The van der Waals surface area contributed by atoms with E-state index in [0.717, 1.165) is 22.4 Å². The lowest BCUT2D eigenvalue weighted by molar-refractivity contribution is 0.0891. The number of nitrogens with zero attached hydrogens (tertiary/aromatic N) is 1. The maximum atomic E-state index is 12.6. The van der Waals surface area contributed by atoms with Crippen LogP contribution in [0.15, 0.2) is 12.1 Å². The molecule has 25 heavy (non-hydrogen) atoms. The average molecular weight is 345 g/mol. The van der Waals surface area contributed by atoms with Crippen LogP contribution in [0.5, 0.6) is 11.5 Å². The average Bonchev–Trinajstić information content (AvgIpc) is 3.16. The highest BCUT2D eigenvalue weighted by molar-refractivity contribution is 5.97. The highest BCUT2D eigenvalue weighted by Crippen LogP contribution is 2.42. The van der Waals surface area contributed by atoms with E-state index in [0.29, 0.717) is 23.6 Å². The van der Waals surface area contributed by atoms with Crippen molar-refractivity contribution in [2.75, 3.05) is 20.8 Å². The Hall–Kier alpha value is -2.54. The standard InChI is InChI=1S/C18H23N3O4/c1-9(2)13(8-22)19-18(23)17-12-5-10-6-14(24-3)15(25-4)7-11(10)16(12)20-21-17/h6-7,9,13,22H,5,8H2,1-4H3,(H,19,23)(H,20,21)/t13-/m0/s1. The summed E-state index contributed by atoms with van der Waals surface area (Å²) < 4.78 is 10.7. The molecule has 0 saturated heterocycles. The van der Waals surface area contributed by atoms with E-state index in [1.54, 1.807) is 14.2 Å². The van der Waals surface area contributed by atoms with Crippen molar-refractivity contribution in [2.24, 2.45) is 5.92 Å². The summed E-state index contributed by atoms with van der Waals surface area (Å²) in [6.45, 7) is 3.80. The summed E-state index contributed by atoms with van der Waals surface area (Å²) in [6, 6.07) is 3.51. The third-order valence-corrected chi connectivity index (χ3v) is 4.64. The molecule has 0 radical (unpaired) electrons. The molecule has 1 amide bonds. The first-order valence-electron chi connectivity index (χ1n) is 8.24. The van der Waals surface area contributed by atoms with Crippen molar-refractivity contribution in [1.82, 2.24) is 15.5 Å². The number of rotatable bonds is 6. The lowest BCUT2D eigenvalue weighted by Crippen LogP contribution is -2.41. The number of carbonyl (C=O) groups is 1. The number of aliphatic hydroxyl groups excluding tert-OH is 1. The lowest BCUT2D eigenvalue weighted by atomic mass is 10.0. The summed E-state index contributed by atoms with van der Waals surface area (Å²) in [5.41, 5.74) is 4.02. The Bertz CT molecular complexity index is 798. The Labute approximate surface area is 146 Å². The maximum Gasteiger partial charge on any atom is 0.269 e. The van der Waals surface area contributed by atoms with Crippen LogP contribution in [0.25, 0.3) is 11.3 Å². The normalized spacial score (nSPS) is 13.4. The van der Waals surface area contributed by atoms with Crippen LogP contribution in [-0.2, 0) is 6.42 Å². The minimum atomic E-state index is -0.296. The number of carbonyl (C=O) groups excluding carboxylic acids is 1. The van der Waals surface area contributed by atoms with Crippen molar-refractivity contribution in [3.05, 3.63) is 29.0 Å². The summed E-state index contributed by atoms with van der Waals surface area (Å²) in [4.78, 5) is 12.6. The van der Waals surface area contributed by atoms with E-state index in [-0.39, 0.29) is 24.5 Å². The van der Waals surface area contributed by atoms with Crippen LogP contribution in [-0.4, -0.2) is 48.1 Å². The zero-order chi connectivity index (χ0) is 18.1. The van der Waals surface area contributed by atoms with Gasteiger partial charge >= 0.3 is 0 Å². The summed E-state index contributed by atoms with van der Waals surface area (Å²) in [5.74, 6) is 1.16. The van der Waals surface area contributed by atoms with Gasteiger partial charge in [-0.1, -0.05) is 13.8 Å². The number of aliphatic hydroxyl groups is 1. The number of fused-ring (bicyclic) bond motifs is 3. The van der Waals surface area contributed by atoms with E-state index in [1.165, 1.54) is 0 Å². The van der Waals surface area contributed by atoms with E-state index in [4.69, 9.17) is 9.47 Å². The molecule has 3 rings (SSSR count). The fourth-order valence-corrected chi connectivity index (χ4v) is 3.09. The topological polar surface area (TPSA) is 96.5 Å². The number of aromatic amines is 1. The molecule has 7 nitrogen and oxygen atoms in total. The molecule has 2 aromatic rings. The Kier molecular flexibility index (Phi) is 4.67. The summed E-state index contributed by atoms with van der Waals surface area (Å²) in [5, 5.41) is 19.4. The molecule has 1 aromatic carbocycles. The second kappa shape index (κ2) is 6.76. The van der Waals surface area contributed by atoms with Crippen LogP contribution < -0.4 is 14.8 Å². The van der Waals surface area contributed by atoms with Crippen LogP contribution >= 0.6 is 0 Å². The Balaban J connectivity index is 1.92. The number of aromatic nitrogens is 2. The number of amides is 1. The van der Waals surface area contributed by atoms with Gasteiger partial charge in [-0.05, 0) is 23.6 Å². The third-order valence-electron chi connectivity index (χ3n) is 4.64. The molecule has 0 fully saturated rings. The van der Waals surface area contributed by atoms with Crippen LogP contribution in [0.3, 0.4) is 0 Å². The Morgan fingerprint density at radius 2 is 2.00 bits per heavy atom. The van der Waals surface area contributed by atoms with Gasteiger partial charge in [0.15, 0.2) is 11.5 Å². The molecule has 1 aliphatic carbocycles. The predicted molar refractivity (Wildman–Crippen MR) is 93.1 cm³/mol. The highest BCUT2D eigenvalue weighted by Gasteiger charge is 2.30. The zero-order valence-corrected chi connectivity index (χ0v) is 14.8. The van der Waals surface area contributed by atoms with Gasteiger partial charge < -0.3 is 19.9 Å². The number of methoxy groups -OCH3 is 2. The second-order valence-corrected chi connectivity index (χ2v) is 6.47. The van der Waals surface area contributed by atoms with E-state index in [1.807, 2.05) is 26.0 Å². The van der Waals surface area contributed by atoms with E-state index in [2.05, 4.69) is 15.5 Å².